The van der Waals surface area contributed by atoms with Gasteiger partial charge in [-0.1, -0.05) is 12.1 Å². The predicted molar refractivity (Wildman–Crippen MR) is 72.6 cm³/mol. The summed E-state index contributed by atoms with van der Waals surface area (Å²) in [5.41, 5.74) is 1.31. The first-order valence-corrected chi connectivity index (χ1v) is 7.32. The van der Waals surface area contributed by atoms with Gasteiger partial charge < -0.3 is 4.74 Å². The number of aromatic nitrogens is 2. The number of sulfonamides is 1. The number of hydrogen-bond acceptors (Lipinski definition) is 5. The predicted octanol–water partition coefficient (Wildman–Crippen LogP) is 1.14. The first kappa shape index (κ1) is 14.1. The summed E-state index contributed by atoms with van der Waals surface area (Å²) in [5, 5.41) is 6.16. The zero-order chi connectivity index (χ0) is 14.6. The van der Waals surface area contributed by atoms with Gasteiger partial charge in [0.2, 0.25) is 10.0 Å². The number of H-pyrrole nitrogens is 1. The largest absolute Gasteiger partial charge is 0.465 e. The fraction of sp³-hybridized carbons (Fsp3) is 0.167. The lowest BCUT2D eigenvalue weighted by Crippen LogP contribution is -2.14. The summed E-state index contributed by atoms with van der Waals surface area (Å²) in [6.45, 7) is 0. The van der Waals surface area contributed by atoms with Crippen molar-refractivity contribution in [1.29, 1.82) is 0 Å². The van der Waals surface area contributed by atoms with E-state index in [4.69, 9.17) is 0 Å². The van der Waals surface area contributed by atoms with Gasteiger partial charge in [0.15, 0.2) is 0 Å². The molecule has 1 aromatic carbocycles. The third-order valence-corrected chi connectivity index (χ3v) is 3.76. The molecule has 106 valence electrons. The van der Waals surface area contributed by atoms with E-state index >= 15 is 0 Å². The van der Waals surface area contributed by atoms with E-state index in [2.05, 4.69) is 19.7 Å². The third kappa shape index (κ3) is 3.58. The second-order valence-corrected chi connectivity index (χ2v) is 5.76. The average Bonchev–Trinajstić information content (AvgIpc) is 2.90. The summed E-state index contributed by atoms with van der Waals surface area (Å²) >= 11 is 0. The SMILES string of the molecule is COC(=O)c1ccc(CS(=O)(=O)Nc2cn[nH]c2)cc1. The molecule has 0 aliphatic carbocycles. The Balaban J connectivity index is 2.07. The molecule has 2 aromatic rings. The highest BCUT2D eigenvalue weighted by molar-refractivity contribution is 7.91. The smallest absolute Gasteiger partial charge is 0.337 e. The summed E-state index contributed by atoms with van der Waals surface area (Å²) in [6.07, 6.45) is 2.82. The van der Waals surface area contributed by atoms with Crippen molar-refractivity contribution in [2.75, 3.05) is 11.8 Å². The molecule has 0 spiro atoms. The molecule has 2 rings (SSSR count). The topological polar surface area (TPSA) is 101 Å². The zero-order valence-corrected chi connectivity index (χ0v) is 11.5. The lowest BCUT2D eigenvalue weighted by Gasteiger charge is -2.06. The van der Waals surface area contributed by atoms with Crippen LogP contribution >= 0.6 is 0 Å². The quantitative estimate of drug-likeness (QED) is 0.805. The Kier molecular flexibility index (Phi) is 4.04. The lowest BCUT2D eigenvalue weighted by molar-refractivity contribution is 0.0600. The van der Waals surface area contributed by atoms with Gasteiger partial charge in [-0.15, -0.1) is 0 Å². The zero-order valence-electron chi connectivity index (χ0n) is 10.7. The molecule has 1 heterocycles. The van der Waals surface area contributed by atoms with E-state index in [1.54, 1.807) is 12.1 Å². The molecule has 0 aliphatic rings. The van der Waals surface area contributed by atoms with E-state index < -0.39 is 16.0 Å². The second kappa shape index (κ2) is 5.74. The molecule has 0 saturated heterocycles. The molecule has 0 bridgehead atoms. The molecule has 0 saturated carbocycles. The molecule has 0 amide bonds. The van der Waals surface area contributed by atoms with Gasteiger partial charge >= 0.3 is 5.97 Å². The number of esters is 1. The molecule has 20 heavy (non-hydrogen) atoms. The molecule has 0 atom stereocenters. The van der Waals surface area contributed by atoms with Gasteiger partial charge in [-0.2, -0.15) is 5.10 Å². The molecular formula is C12H13N3O4S. The minimum Gasteiger partial charge on any atom is -0.465 e. The minimum absolute atomic E-state index is 0.195. The van der Waals surface area contributed by atoms with E-state index in [1.807, 2.05) is 0 Å². The molecule has 1 aromatic heterocycles. The maximum absolute atomic E-state index is 11.9. The van der Waals surface area contributed by atoms with Crippen molar-refractivity contribution in [3.05, 3.63) is 47.8 Å². The van der Waals surface area contributed by atoms with Crippen molar-refractivity contribution in [1.82, 2.24) is 10.2 Å². The number of carbonyl (C=O) groups is 1. The Hall–Kier alpha value is -2.35. The number of anilines is 1. The highest BCUT2D eigenvalue weighted by Gasteiger charge is 2.13. The minimum atomic E-state index is -3.52. The number of hydrogen-bond donors (Lipinski definition) is 2. The first-order valence-electron chi connectivity index (χ1n) is 5.67. The molecular weight excluding hydrogens is 282 g/mol. The van der Waals surface area contributed by atoms with Crippen LogP contribution in [0.2, 0.25) is 0 Å². The maximum atomic E-state index is 11.9. The van der Waals surface area contributed by atoms with Gasteiger partial charge in [0.1, 0.15) is 0 Å². The second-order valence-electron chi connectivity index (χ2n) is 4.04. The van der Waals surface area contributed by atoms with E-state index in [9.17, 15) is 13.2 Å². The highest BCUT2D eigenvalue weighted by Crippen LogP contribution is 2.12. The van der Waals surface area contributed by atoms with Crippen LogP contribution in [0.25, 0.3) is 0 Å². The number of aromatic amines is 1. The van der Waals surface area contributed by atoms with Crippen molar-refractivity contribution in [3.8, 4) is 0 Å². The number of methoxy groups -OCH3 is 1. The normalized spacial score (nSPS) is 11.1. The number of benzene rings is 1. The first-order chi connectivity index (χ1) is 9.50. The Bertz CT molecular complexity index is 678. The van der Waals surface area contributed by atoms with Crippen molar-refractivity contribution >= 4 is 21.7 Å². The van der Waals surface area contributed by atoms with Crippen LogP contribution in [0.5, 0.6) is 0 Å². The maximum Gasteiger partial charge on any atom is 0.337 e. The number of nitrogens with zero attached hydrogens (tertiary/aromatic N) is 1. The molecule has 0 radical (unpaired) electrons. The Morgan fingerprint density at radius 3 is 2.60 bits per heavy atom. The molecule has 0 unspecified atom stereocenters. The van der Waals surface area contributed by atoms with Crippen molar-refractivity contribution in [2.24, 2.45) is 0 Å². The average molecular weight is 295 g/mol. The van der Waals surface area contributed by atoms with Crippen LogP contribution in [0.4, 0.5) is 5.69 Å². The van der Waals surface area contributed by atoms with Crippen molar-refractivity contribution < 1.29 is 17.9 Å². The van der Waals surface area contributed by atoms with Gasteiger partial charge in [0.25, 0.3) is 0 Å². The van der Waals surface area contributed by atoms with Gasteiger partial charge in [0, 0.05) is 6.20 Å². The standard InChI is InChI=1S/C12H13N3O4S/c1-19-12(16)10-4-2-9(3-5-10)8-20(17,18)15-11-6-13-14-7-11/h2-7,15H,8H2,1H3,(H,13,14). The molecule has 8 heteroatoms. The van der Waals surface area contributed by atoms with Crippen molar-refractivity contribution in [2.45, 2.75) is 5.75 Å². The van der Waals surface area contributed by atoms with Gasteiger partial charge in [-0.3, -0.25) is 9.82 Å². The number of carbonyl (C=O) groups excluding carboxylic acids is 1. The Morgan fingerprint density at radius 2 is 2.05 bits per heavy atom. The Morgan fingerprint density at radius 1 is 1.35 bits per heavy atom. The van der Waals surface area contributed by atoms with Crippen LogP contribution in [-0.4, -0.2) is 31.7 Å². The molecule has 0 fully saturated rings. The van der Waals surface area contributed by atoms with Gasteiger partial charge in [-0.05, 0) is 17.7 Å². The van der Waals surface area contributed by atoms with E-state index in [-0.39, 0.29) is 5.75 Å². The summed E-state index contributed by atoms with van der Waals surface area (Å²) in [7, 11) is -2.24. The van der Waals surface area contributed by atoms with Crippen LogP contribution in [0.1, 0.15) is 15.9 Å². The monoisotopic (exact) mass is 295 g/mol. The summed E-state index contributed by atoms with van der Waals surface area (Å²) < 4.78 is 30.7. The number of ether oxygens (including phenoxy) is 1. The highest BCUT2D eigenvalue weighted by atomic mass is 32.2. The third-order valence-electron chi connectivity index (χ3n) is 2.50. The van der Waals surface area contributed by atoms with E-state index in [1.165, 1.54) is 31.6 Å². The number of rotatable bonds is 5. The number of nitrogens with one attached hydrogen (secondary N) is 2. The van der Waals surface area contributed by atoms with Gasteiger partial charge in [-0.25, -0.2) is 13.2 Å². The molecule has 2 N–H and O–H groups in total. The summed E-state index contributed by atoms with van der Waals surface area (Å²) in [6, 6.07) is 6.19. The molecule has 0 aliphatic heterocycles. The Labute approximate surface area is 116 Å². The van der Waals surface area contributed by atoms with Crippen LogP contribution in [0.3, 0.4) is 0 Å². The lowest BCUT2D eigenvalue weighted by atomic mass is 10.1. The molecule has 7 nitrogen and oxygen atoms in total. The summed E-state index contributed by atoms with van der Waals surface area (Å²) in [5.74, 6) is -0.657. The summed E-state index contributed by atoms with van der Waals surface area (Å²) in [4.78, 5) is 11.3. The van der Waals surface area contributed by atoms with Crippen molar-refractivity contribution in [3.63, 3.8) is 0 Å². The van der Waals surface area contributed by atoms with Crippen LogP contribution in [0.15, 0.2) is 36.7 Å². The van der Waals surface area contributed by atoms with E-state index in [0.29, 0.717) is 16.8 Å². The fourth-order valence-corrected chi connectivity index (χ4v) is 2.77. The van der Waals surface area contributed by atoms with Gasteiger partial charge in [0.05, 0.1) is 30.3 Å². The van der Waals surface area contributed by atoms with E-state index in [0.717, 1.165) is 0 Å². The van der Waals surface area contributed by atoms with Crippen LogP contribution in [-0.2, 0) is 20.5 Å². The van der Waals surface area contributed by atoms with Crippen LogP contribution in [0, 0.1) is 0 Å². The van der Waals surface area contributed by atoms with Crippen LogP contribution < -0.4 is 4.72 Å². The fourth-order valence-electron chi connectivity index (χ4n) is 1.60.